The molecule has 6 heteroatoms. The van der Waals surface area contributed by atoms with Crippen LogP contribution in [0.2, 0.25) is 0 Å². The number of benzene rings is 3. The van der Waals surface area contributed by atoms with Crippen molar-refractivity contribution >= 4 is 56.6 Å². The van der Waals surface area contributed by atoms with Crippen LogP contribution >= 0.6 is 11.3 Å². The molecule has 5 rings (SSSR count). The molecule has 0 spiro atoms. The summed E-state index contributed by atoms with van der Waals surface area (Å²) in [5, 5.41) is 7.02. The van der Waals surface area contributed by atoms with E-state index in [0.29, 0.717) is 17.0 Å². The average molecular weight is 468 g/mol. The van der Waals surface area contributed by atoms with Gasteiger partial charge in [0.15, 0.2) is 0 Å². The number of fused-ring (bicyclic) bond motifs is 1. The van der Waals surface area contributed by atoms with E-state index in [9.17, 15) is 9.59 Å². The summed E-state index contributed by atoms with van der Waals surface area (Å²) < 4.78 is 0. The zero-order chi connectivity index (χ0) is 23.7. The molecule has 2 heterocycles. The summed E-state index contributed by atoms with van der Waals surface area (Å²) in [5.41, 5.74) is 3.18. The van der Waals surface area contributed by atoms with Gasteiger partial charge in [-0.05, 0) is 61.0 Å². The Morgan fingerprint density at radius 1 is 0.824 bits per heavy atom. The monoisotopic (exact) mass is 467 g/mol. The van der Waals surface area contributed by atoms with Gasteiger partial charge in [-0.15, -0.1) is 11.3 Å². The quantitative estimate of drug-likeness (QED) is 0.332. The molecule has 5 nitrogen and oxygen atoms in total. The van der Waals surface area contributed by atoms with Gasteiger partial charge in [0.2, 0.25) is 0 Å². The first-order chi connectivity index (χ1) is 16.6. The summed E-state index contributed by atoms with van der Waals surface area (Å²) in [5.74, 6) is -0.663. The van der Waals surface area contributed by atoms with Gasteiger partial charge in [0, 0.05) is 34.7 Å². The van der Waals surface area contributed by atoms with Crippen molar-refractivity contribution in [3.63, 3.8) is 0 Å². The first-order valence-corrected chi connectivity index (χ1v) is 12.3. The Kier molecular flexibility index (Phi) is 5.90. The summed E-state index contributed by atoms with van der Waals surface area (Å²) in [4.78, 5) is 31.7. The van der Waals surface area contributed by atoms with Crippen molar-refractivity contribution in [3.8, 4) is 0 Å². The van der Waals surface area contributed by atoms with E-state index < -0.39 is 0 Å². The van der Waals surface area contributed by atoms with E-state index in [2.05, 4.69) is 24.1 Å². The molecule has 170 valence electrons. The van der Waals surface area contributed by atoms with Crippen molar-refractivity contribution < 1.29 is 9.59 Å². The van der Waals surface area contributed by atoms with Crippen molar-refractivity contribution in [2.24, 2.45) is 0 Å². The Morgan fingerprint density at radius 3 is 2.26 bits per heavy atom. The normalized spacial score (nSPS) is 13.8. The Hall–Kier alpha value is -3.90. The smallest absolute Gasteiger partial charge is 0.282 e. The number of carbonyl (C=O) groups is 2. The average Bonchev–Trinajstić information content (AvgIpc) is 3.47. The van der Waals surface area contributed by atoms with E-state index in [0.717, 1.165) is 40.1 Å². The summed E-state index contributed by atoms with van der Waals surface area (Å²) in [7, 11) is 0. The zero-order valence-electron chi connectivity index (χ0n) is 19.1. The molecule has 1 N–H and O–H groups in total. The van der Waals surface area contributed by atoms with Crippen LogP contribution in [-0.4, -0.2) is 24.9 Å². The molecule has 34 heavy (non-hydrogen) atoms. The molecule has 0 saturated heterocycles. The van der Waals surface area contributed by atoms with Crippen LogP contribution in [-0.2, 0) is 9.59 Å². The number of thiophene rings is 1. The summed E-state index contributed by atoms with van der Waals surface area (Å²) in [6.45, 7) is 6.09. The molecule has 1 aromatic heterocycles. The van der Waals surface area contributed by atoms with Crippen LogP contribution in [0.4, 0.5) is 17.1 Å². The molecule has 1 aliphatic rings. The van der Waals surface area contributed by atoms with E-state index in [1.165, 1.54) is 16.2 Å². The maximum Gasteiger partial charge on any atom is 0.282 e. The van der Waals surface area contributed by atoms with Crippen LogP contribution in [0.15, 0.2) is 89.9 Å². The van der Waals surface area contributed by atoms with Gasteiger partial charge in [-0.2, -0.15) is 0 Å². The number of rotatable bonds is 7. The molecule has 0 radical (unpaired) electrons. The minimum absolute atomic E-state index is 0.302. The minimum Gasteiger partial charge on any atom is -0.372 e. The Morgan fingerprint density at radius 2 is 1.56 bits per heavy atom. The second kappa shape index (κ2) is 9.15. The molecule has 0 fully saturated rings. The van der Waals surface area contributed by atoms with E-state index >= 15 is 0 Å². The van der Waals surface area contributed by atoms with Gasteiger partial charge in [-0.25, -0.2) is 4.90 Å². The summed E-state index contributed by atoms with van der Waals surface area (Å²) in [6.07, 6.45) is 0. The SMILES string of the molecule is CCN(CC)c1ccc(NC2=C(c3cccs3)C(=O)N(c3cccc4ccccc34)C2=O)cc1. The molecule has 0 atom stereocenters. The lowest BCUT2D eigenvalue weighted by molar-refractivity contribution is -0.120. The number of nitrogens with one attached hydrogen (secondary N) is 1. The van der Waals surface area contributed by atoms with Gasteiger partial charge in [-0.3, -0.25) is 9.59 Å². The topological polar surface area (TPSA) is 52.7 Å². The van der Waals surface area contributed by atoms with Gasteiger partial charge in [0.05, 0.1) is 11.3 Å². The number of imide groups is 1. The van der Waals surface area contributed by atoms with Crippen molar-refractivity contribution in [3.05, 3.63) is 94.8 Å². The molecule has 3 aromatic carbocycles. The molecule has 0 bridgehead atoms. The van der Waals surface area contributed by atoms with E-state index in [4.69, 9.17) is 0 Å². The summed E-state index contributed by atoms with van der Waals surface area (Å²) in [6, 6.07) is 25.2. The first-order valence-electron chi connectivity index (χ1n) is 11.4. The summed E-state index contributed by atoms with van der Waals surface area (Å²) >= 11 is 1.45. The molecule has 4 aromatic rings. The number of hydrogen-bond acceptors (Lipinski definition) is 5. The van der Waals surface area contributed by atoms with Crippen LogP contribution in [0.25, 0.3) is 16.3 Å². The second-order valence-corrected chi connectivity index (χ2v) is 8.96. The van der Waals surface area contributed by atoms with Gasteiger partial charge in [0.25, 0.3) is 11.8 Å². The highest BCUT2D eigenvalue weighted by atomic mass is 32.1. The lowest BCUT2D eigenvalue weighted by Crippen LogP contribution is -2.32. The lowest BCUT2D eigenvalue weighted by atomic mass is 10.1. The maximum atomic E-state index is 13.7. The van der Waals surface area contributed by atoms with Gasteiger partial charge >= 0.3 is 0 Å². The number of amides is 2. The molecular formula is C28H25N3O2S. The van der Waals surface area contributed by atoms with Gasteiger partial charge < -0.3 is 10.2 Å². The lowest BCUT2D eigenvalue weighted by Gasteiger charge is -2.21. The largest absolute Gasteiger partial charge is 0.372 e. The van der Waals surface area contributed by atoms with Crippen molar-refractivity contribution in [1.29, 1.82) is 0 Å². The van der Waals surface area contributed by atoms with Crippen LogP contribution < -0.4 is 15.1 Å². The molecule has 0 saturated carbocycles. The second-order valence-electron chi connectivity index (χ2n) is 8.02. The van der Waals surface area contributed by atoms with Gasteiger partial charge in [-0.1, -0.05) is 42.5 Å². The third-order valence-electron chi connectivity index (χ3n) is 6.12. The Labute approximate surface area is 202 Å². The van der Waals surface area contributed by atoms with Crippen LogP contribution in [0.1, 0.15) is 18.7 Å². The van der Waals surface area contributed by atoms with Crippen molar-refractivity contribution in [1.82, 2.24) is 0 Å². The maximum absolute atomic E-state index is 13.7. The third kappa shape index (κ3) is 3.76. The fraction of sp³-hybridized carbons (Fsp3) is 0.143. The van der Waals surface area contributed by atoms with Crippen molar-refractivity contribution in [2.45, 2.75) is 13.8 Å². The number of nitrogens with zero attached hydrogens (tertiary/aromatic N) is 2. The predicted octanol–water partition coefficient (Wildman–Crippen LogP) is 6.14. The third-order valence-corrected chi connectivity index (χ3v) is 7.01. The molecule has 0 aliphatic carbocycles. The van der Waals surface area contributed by atoms with Crippen molar-refractivity contribution in [2.75, 3.05) is 28.2 Å². The number of anilines is 3. The standard InChI is InChI=1S/C28H25N3O2S/c1-3-30(4-2)21-16-14-20(15-17-21)29-26-25(24-13-8-18-34-24)27(32)31(28(26)33)23-12-7-10-19-9-5-6-11-22(19)23/h5-18,29H,3-4H2,1-2H3. The molecular weight excluding hydrogens is 442 g/mol. The number of hydrogen-bond donors (Lipinski definition) is 1. The fourth-order valence-corrected chi connectivity index (χ4v) is 5.17. The predicted molar refractivity (Wildman–Crippen MR) is 141 cm³/mol. The Bertz CT molecular complexity index is 1380. The van der Waals surface area contributed by atoms with E-state index in [1.807, 2.05) is 84.2 Å². The minimum atomic E-state index is -0.349. The highest BCUT2D eigenvalue weighted by Crippen LogP contribution is 2.38. The van der Waals surface area contributed by atoms with Crippen LogP contribution in [0.5, 0.6) is 0 Å². The van der Waals surface area contributed by atoms with E-state index in [1.54, 1.807) is 0 Å². The fourth-order valence-electron chi connectivity index (χ4n) is 4.41. The zero-order valence-corrected chi connectivity index (χ0v) is 19.9. The van der Waals surface area contributed by atoms with E-state index in [-0.39, 0.29) is 11.8 Å². The highest BCUT2D eigenvalue weighted by Gasteiger charge is 2.41. The Balaban J connectivity index is 1.55. The first kappa shape index (κ1) is 21.9. The molecule has 2 amide bonds. The highest BCUT2D eigenvalue weighted by molar-refractivity contribution is 7.11. The van der Waals surface area contributed by atoms with Gasteiger partial charge in [0.1, 0.15) is 5.70 Å². The molecule has 0 unspecified atom stereocenters. The van der Waals surface area contributed by atoms with Crippen LogP contribution in [0, 0.1) is 0 Å². The molecule has 1 aliphatic heterocycles. The number of carbonyl (C=O) groups excluding carboxylic acids is 2. The van der Waals surface area contributed by atoms with Crippen LogP contribution in [0.3, 0.4) is 0 Å².